The predicted octanol–water partition coefficient (Wildman–Crippen LogP) is 3.22. The molecule has 0 spiro atoms. The summed E-state index contributed by atoms with van der Waals surface area (Å²) in [5, 5.41) is 7.84. The normalized spacial score (nSPS) is 11.1. The van der Waals surface area contributed by atoms with Gasteiger partial charge in [-0.15, -0.1) is 0 Å². The van der Waals surface area contributed by atoms with Crippen LogP contribution in [0.5, 0.6) is 0 Å². The van der Waals surface area contributed by atoms with Crippen LogP contribution >= 0.6 is 0 Å². The molecule has 1 N–H and O–H groups in total. The van der Waals surface area contributed by atoms with E-state index in [2.05, 4.69) is 41.2 Å². The number of hydrogen-bond donors (Lipinski definition) is 1. The maximum Gasteiger partial charge on any atom is 0.162 e. The highest BCUT2D eigenvalue weighted by Gasteiger charge is 2.14. The fourth-order valence-corrected chi connectivity index (χ4v) is 1.95. The topological polar surface area (TPSA) is 55.6 Å². The Hall–Kier alpha value is -1.91. The first kappa shape index (κ1) is 14.5. The van der Waals surface area contributed by atoms with Crippen LogP contribution in [-0.4, -0.2) is 26.3 Å². The van der Waals surface area contributed by atoms with Gasteiger partial charge in [0.1, 0.15) is 11.6 Å². The summed E-state index contributed by atoms with van der Waals surface area (Å²) in [5.41, 5.74) is 2.02. The van der Waals surface area contributed by atoms with E-state index in [1.807, 2.05) is 30.8 Å². The Kier molecular flexibility index (Phi) is 4.37. The van der Waals surface area contributed by atoms with E-state index in [4.69, 9.17) is 0 Å². The number of hydrogen-bond acceptors (Lipinski definition) is 4. The van der Waals surface area contributed by atoms with Crippen LogP contribution in [0, 0.1) is 13.8 Å². The maximum absolute atomic E-state index is 4.67. The zero-order valence-electron chi connectivity index (χ0n) is 12.9. The Morgan fingerprint density at radius 1 is 1.25 bits per heavy atom. The maximum atomic E-state index is 4.67. The fourth-order valence-electron chi connectivity index (χ4n) is 1.95. The van der Waals surface area contributed by atoms with Gasteiger partial charge in [-0.05, 0) is 26.3 Å². The van der Waals surface area contributed by atoms with Crippen LogP contribution in [0.25, 0.3) is 5.82 Å². The van der Waals surface area contributed by atoms with Gasteiger partial charge >= 0.3 is 0 Å². The summed E-state index contributed by atoms with van der Waals surface area (Å²) in [5.74, 6) is 2.90. The minimum Gasteiger partial charge on any atom is -0.370 e. The quantitative estimate of drug-likeness (QED) is 0.908. The number of rotatable bonds is 5. The SMILES string of the molecule is CCCNc1nc(C(C)C)nc(-n2ccc(C)n2)c1C. The lowest BCUT2D eigenvalue weighted by Gasteiger charge is -2.15. The first-order chi connectivity index (χ1) is 9.52. The molecule has 5 heteroatoms. The van der Waals surface area contributed by atoms with Gasteiger partial charge in [-0.1, -0.05) is 20.8 Å². The summed E-state index contributed by atoms with van der Waals surface area (Å²) < 4.78 is 1.83. The van der Waals surface area contributed by atoms with Gasteiger partial charge in [0.25, 0.3) is 0 Å². The molecular formula is C15H23N5. The first-order valence-corrected chi connectivity index (χ1v) is 7.18. The van der Waals surface area contributed by atoms with Crippen LogP contribution in [0.15, 0.2) is 12.3 Å². The molecule has 0 amide bonds. The van der Waals surface area contributed by atoms with E-state index in [-0.39, 0.29) is 5.92 Å². The van der Waals surface area contributed by atoms with Gasteiger partial charge in [0, 0.05) is 24.2 Å². The third-order valence-electron chi connectivity index (χ3n) is 3.14. The minimum absolute atomic E-state index is 0.285. The van der Waals surface area contributed by atoms with E-state index >= 15 is 0 Å². The molecule has 2 rings (SSSR count). The first-order valence-electron chi connectivity index (χ1n) is 7.18. The van der Waals surface area contributed by atoms with E-state index in [9.17, 15) is 0 Å². The second kappa shape index (κ2) is 6.03. The zero-order valence-corrected chi connectivity index (χ0v) is 12.9. The van der Waals surface area contributed by atoms with Crippen molar-refractivity contribution >= 4 is 5.82 Å². The summed E-state index contributed by atoms with van der Waals surface area (Å²) in [6, 6.07) is 1.98. The Morgan fingerprint density at radius 2 is 2.00 bits per heavy atom. The highest BCUT2D eigenvalue weighted by molar-refractivity contribution is 5.51. The lowest BCUT2D eigenvalue weighted by atomic mass is 10.2. The van der Waals surface area contributed by atoms with Crippen LogP contribution in [0.3, 0.4) is 0 Å². The number of anilines is 1. The van der Waals surface area contributed by atoms with Crippen LogP contribution < -0.4 is 5.32 Å². The Labute approximate surface area is 120 Å². The van der Waals surface area contributed by atoms with Gasteiger partial charge < -0.3 is 5.32 Å². The van der Waals surface area contributed by atoms with Crippen LogP contribution in [0.2, 0.25) is 0 Å². The van der Waals surface area contributed by atoms with Crippen molar-refractivity contribution in [3.8, 4) is 5.82 Å². The molecule has 2 aromatic rings. The summed E-state index contributed by atoms with van der Waals surface area (Å²) >= 11 is 0. The Balaban J connectivity index is 2.51. The van der Waals surface area contributed by atoms with Crippen molar-refractivity contribution in [1.29, 1.82) is 0 Å². The molecule has 0 bridgehead atoms. The molecule has 0 aliphatic rings. The smallest absolute Gasteiger partial charge is 0.162 e. The molecule has 2 aromatic heterocycles. The Bertz CT molecular complexity index is 586. The lowest BCUT2D eigenvalue weighted by molar-refractivity contribution is 0.737. The molecule has 108 valence electrons. The molecule has 0 radical (unpaired) electrons. The zero-order chi connectivity index (χ0) is 14.7. The monoisotopic (exact) mass is 273 g/mol. The predicted molar refractivity (Wildman–Crippen MR) is 81.5 cm³/mol. The molecule has 0 aromatic carbocycles. The number of nitrogens with zero attached hydrogens (tertiary/aromatic N) is 4. The van der Waals surface area contributed by atoms with Gasteiger partial charge in [-0.2, -0.15) is 5.10 Å². The molecule has 2 heterocycles. The van der Waals surface area contributed by atoms with Gasteiger partial charge in [-0.25, -0.2) is 14.6 Å². The highest BCUT2D eigenvalue weighted by Crippen LogP contribution is 2.22. The molecule has 0 saturated heterocycles. The van der Waals surface area contributed by atoms with Crippen molar-refractivity contribution in [3.05, 3.63) is 29.3 Å². The molecule has 0 saturated carbocycles. The van der Waals surface area contributed by atoms with Crippen LogP contribution in [-0.2, 0) is 0 Å². The minimum atomic E-state index is 0.285. The van der Waals surface area contributed by atoms with Crippen molar-refractivity contribution in [2.45, 2.75) is 47.0 Å². The van der Waals surface area contributed by atoms with E-state index in [0.717, 1.165) is 41.7 Å². The average molecular weight is 273 g/mol. The summed E-state index contributed by atoms with van der Waals surface area (Å²) in [4.78, 5) is 9.31. The second-order valence-corrected chi connectivity index (χ2v) is 5.36. The van der Waals surface area contributed by atoms with Crippen molar-refractivity contribution in [3.63, 3.8) is 0 Å². The lowest BCUT2D eigenvalue weighted by Crippen LogP contribution is -2.13. The summed E-state index contributed by atoms with van der Waals surface area (Å²) in [7, 11) is 0. The fraction of sp³-hybridized carbons (Fsp3) is 0.533. The molecule has 0 unspecified atom stereocenters. The van der Waals surface area contributed by atoms with Crippen LogP contribution in [0.1, 0.15) is 50.2 Å². The van der Waals surface area contributed by atoms with Crippen molar-refractivity contribution in [2.24, 2.45) is 0 Å². The Morgan fingerprint density at radius 3 is 2.55 bits per heavy atom. The number of aryl methyl sites for hydroxylation is 1. The van der Waals surface area contributed by atoms with Crippen molar-refractivity contribution in [2.75, 3.05) is 11.9 Å². The standard InChI is InChI=1S/C15H23N5/c1-6-8-16-14-12(5)15(18-13(17-14)10(2)3)20-9-7-11(4)19-20/h7,9-10H,6,8H2,1-5H3,(H,16,17,18). The van der Waals surface area contributed by atoms with E-state index in [0.29, 0.717) is 0 Å². The largest absolute Gasteiger partial charge is 0.370 e. The van der Waals surface area contributed by atoms with E-state index < -0.39 is 0 Å². The van der Waals surface area contributed by atoms with Gasteiger partial charge in [0.2, 0.25) is 0 Å². The average Bonchev–Trinajstić information content (AvgIpc) is 2.83. The number of nitrogens with one attached hydrogen (secondary N) is 1. The molecule has 0 aliphatic carbocycles. The van der Waals surface area contributed by atoms with Gasteiger partial charge in [-0.3, -0.25) is 0 Å². The third kappa shape index (κ3) is 2.98. The molecule has 0 aliphatic heterocycles. The van der Waals surface area contributed by atoms with Crippen molar-refractivity contribution < 1.29 is 0 Å². The van der Waals surface area contributed by atoms with E-state index in [1.165, 1.54) is 0 Å². The summed E-state index contributed by atoms with van der Waals surface area (Å²) in [6.07, 6.45) is 3.01. The van der Waals surface area contributed by atoms with E-state index in [1.54, 1.807) is 0 Å². The molecule has 5 nitrogen and oxygen atoms in total. The highest BCUT2D eigenvalue weighted by atomic mass is 15.3. The van der Waals surface area contributed by atoms with Crippen LogP contribution in [0.4, 0.5) is 5.82 Å². The molecule has 0 atom stereocenters. The summed E-state index contributed by atoms with van der Waals surface area (Å²) in [6.45, 7) is 11.3. The molecule has 0 fully saturated rings. The third-order valence-corrected chi connectivity index (χ3v) is 3.14. The molecule has 20 heavy (non-hydrogen) atoms. The van der Waals surface area contributed by atoms with Crippen molar-refractivity contribution in [1.82, 2.24) is 19.7 Å². The molecular weight excluding hydrogens is 250 g/mol. The van der Waals surface area contributed by atoms with Gasteiger partial charge in [0.05, 0.1) is 5.69 Å². The van der Waals surface area contributed by atoms with Gasteiger partial charge in [0.15, 0.2) is 5.82 Å². The number of aromatic nitrogens is 4. The second-order valence-electron chi connectivity index (χ2n) is 5.36.